The molecule has 0 radical (unpaired) electrons. The highest BCUT2D eigenvalue weighted by Gasteiger charge is 2.21. The molecule has 0 spiro atoms. The number of pyridine rings is 1. The molecule has 0 fully saturated rings. The van der Waals surface area contributed by atoms with E-state index in [1.807, 2.05) is 0 Å². The van der Waals surface area contributed by atoms with Crippen LogP contribution in [0.25, 0.3) is 16.6 Å². The van der Waals surface area contributed by atoms with Crippen molar-refractivity contribution in [1.29, 1.82) is 10.5 Å². The molecule has 2 aromatic heterocycles. The van der Waals surface area contributed by atoms with Crippen LogP contribution in [0.2, 0.25) is 5.02 Å². The number of nitrogens with two attached hydrogens (primary N) is 1. The summed E-state index contributed by atoms with van der Waals surface area (Å²) in [6.45, 7) is 0. The number of hydrogen-bond acceptors (Lipinski definition) is 4. The Morgan fingerprint density at radius 3 is 2.48 bits per heavy atom. The van der Waals surface area contributed by atoms with Gasteiger partial charge in [-0.15, -0.1) is 0 Å². The first-order chi connectivity index (χ1) is 10.2. The van der Waals surface area contributed by atoms with E-state index in [1.165, 1.54) is 10.7 Å². The highest BCUT2D eigenvalue weighted by Crippen LogP contribution is 2.37. The summed E-state index contributed by atoms with van der Waals surface area (Å²) >= 11 is 6.21. The topological polar surface area (TPSA) is 90.9 Å². The number of nitrogen functional groups attached to an aromatic ring is 1. The Balaban J connectivity index is 2.56. The molecular formula is C15H8ClN5. The fourth-order valence-electron chi connectivity index (χ4n) is 2.33. The lowest BCUT2D eigenvalue weighted by atomic mass is 9.95. The van der Waals surface area contributed by atoms with Crippen molar-refractivity contribution in [3.63, 3.8) is 0 Å². The number of nitriles is 2. The summed E-state index contributed by atoms with van der Waals surface area (Å²) in [5.74, 6) is 0.186. The summed E-state index contributed by atoms with van der Waals surface area (Å²) in [5, 5.41) is 23.5. The third-order valence-electron chi connectivity index (χ3n) is 3.25. The van der Waals surface area contributed by atoms with E-state index in [-0.39, 0.29) is 11.4 Å². The summed E-state index contributed by atoms with van der Waals surface area (Å²) in [4.78, 5) is 0. The number of anilines is 1. The molecule has 0 saturated carbocycles. The molecule has 0 bridgehead atoms. The van der Waals surface area contributed by atoms with Gasteiger partial charge >= 0.3 is 0 Å². The summed E-state index contributed by atoms with van der Waals surface area (Å²) in [6, 6.07) is 12.9. The molecule has 0 amide bonds. The maximum Gasteiger partial charge on any atom is 0.144 e. The van der Waals surface area contributed by atoms with E-state index in [0.29, 0.717) is 27.2 Å². The van der Waals surface area contributed by atoms with E-state index in [2.05, 4.69) is 17.2 Å². The molecule has 2 heterocycles. The van der Waals surface area contributed by atoms with E-state index >= 15 is 0 Å². The van der Waals surface area contributed by atoms with Crippen molar-refractivity contribution < 1.29 is 0 Å². The van der Waals surface area contributed by atoms with Crippen molar-refractivity contribution >= 4 is 22.9 Å². The molecule has 0 unspecified atom stereocenters. The van der Waals surface area contributed by atoms with Crippen LogP contribution in [0.5, 0.6) is 0 Å². The molecule has 0 aliphatic carbocycles. The largest absolute Gasteiger partial charge is 0.383 e. The molecule has 0 saturated heterocycles. The third kappa shape index (κ3) is 1.80. The number of hydrogen-bond donors (Lipinski definition) is 1. The molecule has 0 aliphatic heterocycles. The maximum absolute atomic E-state index is 9.51. The fraction of sp³-hybridized carbons (Fsp3) is 0. The molecule has 5 nitrogen and oxygen atoms in total. The van der Waals surface area contributed by atoms with Crippen LogP contribution < -0.4 is 5.73 Å². The van der Waals surface area contributed by atoms with Crippen LogP contribution in [-0.2, 0) is 0 Å². The van der Waals surface area contributed by atoms with Gasteiger partial charge in [-0.3, -0.25) is 0 Å². The smallest absolute Gasteiger partial charge is 0.144 e. The van der Waals surface area contributed by atoms with Gasteiger partial charge in [0.25, 0.3) is 0 Å². The predicted octanol–water partition coefficient (Wildman–Crippen LogP) is 2.98. The van der Waals surface area contributed by atoms with E-state index in [4.69, 9.17) is 17.3 Å². The highest BCUT2D eigenvalue weighted by molar-refractivity contribution is 6.33. The van der Waals surface area contributed by atoms with Gasteiger partial charge < -0.3 is 5.73 Å². The Bertz CT molecular complexity index is 943. The number of aromatic nitrogens is 2. The van der Waals surface area contributed by atoms with Gasteiger partial charge in [0, 0.05) is 16.1 Å². The molecule has 3 rings (SSSR count). The van der Waals surface area contributed by atoms with Crippen LogP contribution in [-0.4, -0.2) is 9.61 Å². The van der Waals surface area contributed by atoms with Gasteiger partial charge in [0.1, 0.15) is 23.5 Å². The second-order valence-corrected chi connectivity index (χ2v) is 4.75. The number of benzene rings is 1. The predicted molar refractivity (Wildman–Crippen MR) is 79.5 cm³/mol. The first kappa shape index (κ1) is 13.0. The lowest BCUT2D eigenvalue weighted by Gasteiger charge is -2.13. The number of halogens is 1. The van der Waals surface area contributed by atoms with Crippen LogP contribution in [0.15, 0.2) is 36.5 Å². The maximum atomic E-state index is 9.51. The average Bonchev–Trinajstić information content (AvgIpc) is 2.97. The van der Waals surface area contributed by atoms with Gasteiger partial charge in [-0.25, -0.2) is 4.52 Å². The van der Waals surface area contributed by atoms with Gasteiger partial charge in [0.2, 0.25) is 0 Å². The van der Waals surface area contributed by atoms with E-state index in [9.17, 15) is 10.5 Å². The Morgan fingerprint density at radius 2 is 1.81 bits per heavy atom. The van der Waals surface area contributed by atoms with Crippen LogP contribution in [0.1, 0.15) is 11.1 Å². The van der Waals surface area contributed by atoms with Gasteiger partial charge in [-0.2, -0.15) is 15.6 Å². The minimum Gasteiger partial charge on any atom is -0.383 e. The zero-order valence-corrected chi connectivity index (χ0v) is 11.5. The monoisotopic (exact) mass is 293 g/mol. The van der Waals surface area contributed by atoms with E-state index in [1.54, 1.807) is 30.3 Å². The van der Waals surface area contributed by atoms with Crippen molar-refractivity contribution in [2.24, 2.45) is 0 Å². The van der Waals surface area contributed by atoms with Gasteiger partial charge in [0.15, 0.2) is 0 Å². The normalized spacial score (nSPS) is 10.2. The first-order valence-electron chi connectivity index (χ1n) is 6.03. The van der Waals surface area contributed by atoms with Crippen LogP contribution in [0.4, 0.5) is 5.82 Å². The second-order valence-electron chi connectivity index (χ2n) is 4.34. The molecule has 21 heavy (non-hydrogen) atoms. The summed E-state index contributed by atoms with van der Waals surface area (Å²) in [5.41, 5.74) is 8.11. The van der Waals surface area contributed by atoms with Crippen molar-refractivity contribution in [1.82, 2.24) is 9.61 Å². The van der Waals surface area contributed by atoms with Gasteiger partial charge in [0.05, 0.1) is 17.3 Å². The van der Waals surface area contributed by atoms with Crippen molar-refractivity contribution in [3.8, 4) is 23.3 Å². The lowest BCUT2D eigenvalue weighted by molar-refractivity contribution is 0.969. The molecule has 6 heteroatoms. The Labute approximate surface area is 125 Å². The fourth-order valence-corrected chi connectivity index (χ4v) is 2.56. The molecule has 0 atom stereocenters. The van der Waals surface area contributed by atoms with Crippen LogP contribution >= 0.6 is 11.6 Å². The minimum absolute atomic E-state index is 0.186. The number of fused-ring (bicyclic) bond motifs is 1. The SMILES string of the molecule is N#Cc1c(-c2ccccc2Cl)c(C#N)c2ccnn2c1N. The van der Waals surface area contributed by atoms with Gasteiger partial charge in [-0.1, -0.05) is 29.8 Å². The molecular weight excluding hydrogens is 286 g/mol. The first-order valence-corrected chi connectivity index (χ1v) is 6.41. The molecule has 1 aromatic carbocycles. The number of nitrogens with zero attached hydrogens (tertiary/aromatic N) is 4. The van der Waals surface area contributed by atoms with Crippen LogP contribution in [0, 0.1) is 22.7 Å². The van der Waals surface area contributed by atoms with Gasteiger partial charge in [-0.05, 0) is 12.1 Å². The Hall–Kier alpha value is -3.02. The standard InChI is InChI=1S/C15H8ClN5/c16-12-4-2-1-3-9(12)14-10(7-17)13-5-6-20-21(13)15(19)11(14)8-18/h1-6H,19H2. The van der Waals surface area contributed by atoms with Crippen molar-refractivity contribution in [2.75, 3.05) is 5.73 Å². The average molecular weight is 294 g/mol. The summed E-state index contributed by atoms with van der Waals surface area (Å²) in [6.07, 6.45) is 1.53. The molecule has 0 aliphatic rings. The van der Waals surface area contributed by atoms with Crippen molar-refractivity contribution in [3.05, 3.63) is 52.7 Å². The zero-order valence-electron chi connectivity index (χ0n) is 10.7. The summed E-state index contributed by atoms with van der Waals surface area (Å²) in [7, 11) is 0. The van der Waals surface area contributed by atoms with Crippen molar-refractivity contribution in [2.45, 2.75) is 0 Å². The quantitative estimate of drug-likeness (QED) is 0.746. The summed E-state index contributed by atoms with van der Waals surface area (Å²) < 4.78 is 1.39. The molecule has 100 valence electrons. The third-order valence-corrected chi connectivity index (χ3v) is 3.58. The molecule has 2 N–H and O–H groups in total. The molecule has 3 aromatic rings. The van der Waals surface area contributed by atoms with E-state index in [0.717, 1.165) is 0 Å². The van der Waals surface area contributed by atoms with Crippen LogP contribution in [0.3, 0.4) is 0 Å². The van der Waals surface area contributed by atoms with E-state index < -0.39 is 0 Å². The number of rotatable bonds is 1. The lowest BCUT2D eigenvalue weighted by Crippen LogP contribution is -2.06. The Kier molecular flexibility index (Phi) is 2.98. The zero-order chi connectivity index (χ0) is 15.0. The highest BCUT2D eigenvalue weighted by atomic mass is 35.5. The Morgan fingerprint density at radius 1 is 1.10 bits per heavy atom. The second kappa shape index (κ2) is 4.82. The minimum atomic E-state index is 0.186.